The van der Waals surface area contributed by atoms with Gasteiger partial charge in [-0.3, -0.25) is 9.69 Å². The number of carbonyl (C=O) groups is 2. The van der Waals surface area contributed by atoms with Gasteiger partial charge in [-0.1, -0.05) is 37.0 Å². The zero-order valence-electron chi connectivity index (χ0n) is 21.2. The summed E-state index contributed by atoms with van der Waals surface area (Å²) in [6.45, 7) is 5.95. The lowest BCUT2D eigenvalue weighted by atomic mass is 9.96. The van der Waals surface area contributed by atoms with Crippen molar-refractivity contribution >= 4 is 57.5 Å². The summed E-state index contributed by atoms with van der Waals surface area (Å²) >= 11 is 12.6. The first-order chi connectivity index (χ1) is 17.6. The molecule has 2 aliphatic heterocycles. The van der Waals surface area contributed by atoms with Gasteiger partial charge < -0.3 is 14.2 Å². The Balaban J connectivity index is 0.00000400. The van der Waals surface area contributed by atoms with Crippen LogP contribution in [0, 0.1) is 0 Å². The first kappa shape index (κ1) is 30.3. The van der Waals surface area contributed by atoms with E-state index in [9.17, 15) is 18.0 Å². The maximum Gasteiger partial charge on any atom is 0.343 e. The molecule has 4 rings (SSSR count). The fourth-order valence-electron chi connectivity index (χ4n) is 4.41. The maximum atomic E-state index is 13.2. The number of benzene rings is 2. The van der Waals surface area contributed by atoms with Gasteiger partial charge in [0, 0.05) is 12.6 Å². The third-order valence-electron chi connectivity index (χ3n) is 6.41. The van der Waals surface area contributed by atoms with E-state index < -0.39 is 28.6 Å². The molecule has 0 aliphatic carbocycles. The van der Waals surface area contributed by atoms with Crippen molar-refractivity contribution in [3.63, 3.8) is 0 Å². The van der Waals surface area contributed by atoms with E-state index >= 15 is 0 Å². The predicted molar refractivity (Wildman–Crippen MR) is 146 cm³/mol. The number of rotatable bonds is 9. The number of hydrogen-bond acceptors (Lipinski definition) is 8. The second-order valence-electron chi connectivity index (χ2n) is 9.10. The van der Waals surface area contributed by atoms with Crippen LogP contribution in [0.4, 0.5) is 0 Å². The average Bonchev–Trinajstić information content (AvgIpc) is 3.43. The van der Waals surface area contributed by atoms with Gasteiger partial charge in [-0.05, 0) is 55.6 Å². The molecule has 0 radical (unpaired) electrons. The van der Waals surface area contributed by atoms with Crippen LogP contribution < -0.4 is 9.47 Å². The van der Waals surface area contributed by atoms with Crippen LogP contribution >= 0.6 is 35.6 Å². The SMILES string of the molecule is COc1cc(C(C)C)c2c(c1)S(=O)(=O)N(COC(=O)c1c(Cl)ccc(OCCN3CCCC3)c1Cl)C2=O.Cl. The largest absolute Gasteiger partial charge is 0.497 e. The minimum Gasteiger partial charge on any atom is -0.497 e. The molecular weight excluding hydrogens is 579 g/mol. The minimum atomic E-state index is -4.28. The zero-order chi connectivity index (χ0) is 26.9. The van der Waals surface area contributed by atoms with Crippen molar-refractivity contribution < 1.29 is 32.2 Å². The summed E-state index contributed by atoms with van der Waals surface area (Å²) < 4.78 is 43.1. The number of likely N-dealkylation sites (tertiary alicyclic amines) is 1. The molecule has 208 valence electrons. The average molecular weight is 608 g/mol. The molecule has 2 aromatic carbocycles. The first-order valence-electron chi connectivity index (χ1n) is 11.9. The highest BCUT2D eigenvalue weighted by atomic mass is 35.5. The maximum absolute atomic E-state index is 13.2. The highest BCUT2D eigenvalue weighted by molar-refractivity contribution is 7.90. The van der Waals surface area contributed by atoms with Crippen molar-refractivity contribution in [3.8, 4) is 11.5 Å². The van der Waals surface area contributed by atoms with E-state index in [1.54, 1.807) is 12.1 Å². The second-order valence-corrected chi connectivity index (χ2v) is 11.7. The summed E-state index contributed by atoms with van der Waals surface area (Å²) in [5, 5.41) is -0.0442. The van der Waals surface area contributed by atoms with E-state index in [2.05, 4.69) is 4.90 Å². The van der Waals surface area contributed by atoms with Crippen molar-refractivity contribution in [1.82, 2.24) is 9.21 Å². The molecule has 1 saturated heterocycles. The number of carbonyl (C=O) groups excluding carboxylic acids is 2. The molecule has 0 atom stereocenters. The number of ether oxygens (including phenoxy) is 3. The highest BCUT2D eigenvalue weighted by Gasteiger charge is 2.44. The normalized spacial score (nSPS) is 16.4. The molecule has 0 unspecified atom stereocenters. The van der Waals surface area contributed by atoms with Crippen LogP contribution in [0.15, 0.2) is 29.2 Å². The monoisotopic (exact) mass is 606 g/mol. The van der Waals surface area contributed by atoms with E-state index in [1.165, 1.54) is 19.2 Å². The number of nitrogens with zero attached hydrogens (tertiary/aromatic N) is 2. The Hall–Kier alpha value is -2.24. The molecule has 0 saturated carbocycles. The van der Waals surface area contributed by atoms with Crippen molar-refractivity contribution in [3.05, 3.63) is 51.0 Å². The summed E-state index contributed by atoms with van der Waals surface area (Å²) in [6.07, 6.45) is 2.31. The number of hydrogen-bond donors (Lipinski definition) is 0. The van der Waals surface area contributed by atoms with Gasteiger partial charge >= 0.3 is 5.97 Å². The quantitative estimate of drug-likeness (QED) is 0.368. The smallest absolute Gasteiger partial charge is 0.343 e. The van der Waals surface area contributed by atoms with Gasteiger partial charge in [-0.2, -0.15) is 4.31 Å². The van der Waals surface area contributed by atoms with Crippen molar-refractivity contribution in [2.75, 3.05) is 40.1 Å². The van der Waals surface area contributed by atoms with Gasteiger partial charge in [0.15, 0.2) is 6.73 Å². The molecule has 0 bridgehead atoms. The van der Waals surface area contributed by atoms with Crippen LogP contribution in [0.2, 0.25) is 10.0 Å². The van der Waals surface area contributed by atoms with Crippen LogP contribution in [0.25, 0.3) is 0 Å². The lowest BCUT2D eigenvalue weighted by Gasteiger charge is -2.18. The summed E-state index contributed by atoms with van der Waals surface area (Å²) in [5.74, 6) is -1.37. The highest BCUT2D eigenvalue weighted by Crippen LogP contribution is 2.39. The molecule has 2 aliphatic rings. The number of fused-ring (bicyclic) bond motifs is 1. The minimum absolute atomic E-state index is 0. The molecule has 1 amide bonds. The molecule has 0 aromatic heterocycles. The summed E-state index contributed by atoms with van der Waals surface area (Å²) in [4.78, 5) is 28.2. The Bertz CT molecular complexity index is 1330. The number of methoxy groups -OCH3 is 1. The Morgan fingerprint density at radius 2 is 1.82 bits per heavy atom. The van der Waals surface area contributed by atoms with Gasteiger partial charge in [0.2, 0.25) is 0 Å². The van der Waals surface area contributed by atoms with E-state index in [-0.39, 0.29) is 50.1 Å². The van der Waals surface area contributed by atoms with Crippen molar-refractivity contribution in [1.29, 1.82) is 0 Å². The van der Waals surface area contributed by atoms with Gasteiger partial charge in [-0.25, -0.2) is 13.2 Å². The van der Waals surface area contributed by atoms with Gasteiger partial charge in [-0.15, -0.1) is 12.4 Å². The summed E-state index contributed by atoms with van der Waals surface area (Å²) in [6, 6.07) is 5.91. The van der Waals surface area contributed by atoms with Crippen molar-refractivity contribution in [2.45, 2.75) is 37.5 Å². The lowest BCUT2D eigenvalue weighted by Crippen LogP contribution is -2.33. The molecule has 9 nitrogen and oxygen atoms in total. The fourth-order valence-corrected chi connectivity index (χ4v) is 6.46. The summed E-state index contributed by atoms with van der Waals surface area (Å²) in [5.41, 5.74) is 0.381. The predicted octanol–water partition coefficient (Wildman–Crippen LogP) is 4.98. The van der Waals surface area contributed by atoms with Crippen LogP contribution in [-0.2, 0) is 14.8 Å². The number of amides is 1. The van der Waals surface area contributed by atoms with Crippen LogP contribution in [0.5, 0.6) is 11.5 Å². The fraction of sp³-hybridized carbons (Fsp3) is 0.440. The molecule has 2 aromatic rings. The number of sulfonamides is 1. The topological polar surface area (TPSA) is 102 Å². The van der Waals surface area contributed by atoms with Crippen LogP contribution in [0.1, 0.15) is 58.9 Å². The third kappa shape index (κ3) is 5.84. The Labute approximate surface area is 238 Å². The Morgan fingerprint density at radius 1 is 1.13 bits per heavy atom. The van der Waals surface area contributed by atoms with Gasteiger partial charge in [0.1, 0.15) is 28.6 Å². The number of esters is 1. The second kappa shape index (κ2) is 12.3. The van der Waals surface area contributed by atoms with Crippen LogP contribution in [0.3, 0.4) is 0 Å². The van der Waals surface area contributed by atoms with E-state index in [0.29, 0.717) is 22.2 Å². The molecule has 0 N–H and O–H groups in total. The summed E-state index contributed by atoms with van der Waals surface area (Å²) in [7, 11) is -2.87. The lowest BCUT2D eigenvalue weighted by molar-refractivity contribution is 0.0357. The van der Waals surface area contributed by atoms with E-state index in [0.717, 1.165) is 32.5 Å². The molecule has 1 fully saturated rings. The Kier molecular flexibility index (Phi) is 9.81. The van der Waals surface area contributed by atoms with Gasteiger partial charge in [0.05, 0.1) is 22.7 Å². The van der Waals surface area contributed by atoms with E-state index in [4.69, 9.17) is 37.4 Å². The molecular formula is C25H29Cl3N2O7S. The number of halogens is 3. The first-order valence-corrected chi connectivity index (χ1v) is 14.0. The standard InChI is InChI=1S/C25H28Cl2N2O7S.ClH/c1-15(2)17-12-16(34-3)13-20-21(17)24(30)29(37(20,32)33)14-36-25(31)22-18(26)6-7-19(23(22)27)35-11-10-28-8-4-5-9-28;/h6-7,12-13,15H,4-5,8-11,14H2,1-3H3;1H. The molecule has 13 heteroatoms. The van der Waals surface area contributed by atoms with E-state index in [1.807, 2.05) is 13.8 Å². The third-order valence-corrected chi connectivity index (χ3v) is 8.83. The Morgan fingerprint density at radius 3 is 2.45 bits per heavy atom. The van der Waals surface area contributed by atoms with Crippen molar-refractivity contribution in [2.24, 2.45) is 0 Å². The molecule has 38 heavy (non-hydrogen) atoms. The van der Waals surface area contributed by atoms with Gasteiger partial charge in [0.25, 0.3) is 15.9 Å². The van der Waals surface area contributed by atoms with Crippen LogP contribution in [-0.4, -0.2) is 69.6 Å². The molecule has 2 heterocycles. The molecule has 0 spiro atoms. The zero-order valence-corrected chi connectivity index (χ0v) is 24.3.